The van der Waals surface area contributed by atoms with E-state index in [4.69, 9.17) is 24.3 Å². The first kappa shape index (κ1) is 60.4. The monoisotopic (exact) mass is 916 g/mol. The van der Waals surface area contributed by atoms with E-state index in [-0.39, 0.29) is 32.6 Å². The smallest absolute Gasteiger partial charge is 0.461 e. The molecule has 9 nitrogen and oxygen atoms in total. The van der Waals surface area contributed by atoms with Crippen molar-refractivity contribution in [2.24, 2.45) is 5.73 Å². The minimum absolute atomic E-state index is 0.0220. The van der Waals surface area contributed by atoms with E-state index < -0.39 is 32.5 Å². The molecule has 0 aliphatic carbocycles. The zero-order valence-electron chi connectivity index (χ0n) is 39.6. The lowest BCUT2D eigenvalue weighted by atomic mass is 10.2. The van der Waals surface area contributed by atoms with Crippen LogP contribution in [0.2, 0.25) is 0 Å². The van der Waals surface area contributed by atoms with Crippen LogP contribution in [0.25, 0.3) is 0 Å². The summed E-state index contributed by atoms with van der Waals surface area (Å²) in [6.45, 7) is 3.27. The number of allylic oxidation sites excluding steroid dienone is 27. The summed E-state index contributed by atoms with van der Waals surface area (Å²) < 4.78 is 32.6. The number of phosphoric acid groups is 1. The van der Waals surface area contributed by atoms with Crippen LogP contribution in [0.15, 0.2) is 170 Å². The topological polar surface area (TPSA) is 134 Å². The Morgan fingerprint density at radius 1 is 0.477 bits per heavy atom. The Labute approximate surface area is 393 Å². The summed E-state index contributed by atoms with van der Waals surface area (Å²) in [5, 5.41) is 0. The van der Waals surface area contributed by atoms with Crippen LogP contribution in [0.3, 0.4) is 0 Å². The first-order valence-electron chi connectivity index (χ1n) is 23.6. The highest BCUT2D eigenvalue weighted by atomic mass is 31.2. The van der Waals surface area contributed by atoms with Crippen molar-refractivity contribution in [2.45, 2.75) is 136 Å². The van der Waals surface area contributed by atoms with Crippen molar-refractivity contribution in [3.05, 3.63) is 170 Å². The van der Waals surface area contributed by atoms with E-state index in [1.165, 1.54) is 0 Å². The molecule has 0 saturated heterocycles. The maximum Gasteiger partial charge on any atom is 0.472 e. The normalized spacial score (nSPS) is 14.7. The molecule has 360 valence electrons. The van der Waals surface area contributed by atoms with Crippen molar-refractivity contribution in [2.75, 3.05) is 26.4 Å². The second-order valence-electron chi connectivity index (χ2n) is 14.5. The second-order valence-corrected chi connectivity index (χ2v) is 16.0. The number of carbonyl (C=O) groups excluding carboxylic acids is 2. The zero-order chi connectivity index (χ0) is 47.4. The predicted octanol–water partition coefficient (Wildman–Crippen LogP) is 14.4. The largest absolute Gasteiger partial charge is 0.472 e. The standard InChI is InChI=1S/C55H82NO8P/c1-3-5-7-9-11-13-15-17-19-20-21-22-23-24-25-26-27-28-29-30-31-32-34-36-38-40-42-44-46-48-55(58)64-53(52-63-65(59,60)62-50-49-56)51-61-54(57)47-45-43-41-39-37-35-33-18-16-14-12-10-8-6-4-2/h5-8,11-14,17-19,21-22,24-25,27-28,30-31,33-34,36-37,39-40,42-43,45,53H,3-4,9-10,15-16,20,23,26,29,32,35,38,41,44,46-52,56H2,1-2H3,(H,59,60)/b7-5-,8-6-,13-11-,14-12-,19-17-,22-21-,25-24-,28-27-,31-30-,33-18-,36-34-,39-37-,42-40-,45-43-. The Morgan fingerprint density at radius 3 is 1.17 bits per heavy atom. The maximum absolute atomic E-state index is 12.6. The van der Waals surface area contributed by atoms with Crippen LogP contribution in [0, 0.1) is 0 Å². The minimum atomic E-state index is -4.43. The third-order valence-electron chi connectivity index (χ3n) is 8.63. The fourth-order valence-corrected chi connectivity index (χ4v) is 6.00. The van der Waals surface area contributed by atoms with E-state index in [1.807, 2.05) is 18.2 Å². The van der Waals surface area contributed by atoms with Gasteiger partial charge in [0, 0.05) is 13.0 Å². The molecule has 0 bridgehead atoms. The van der Waals surface area contributed by atoms with Gasteiger partial charge in [0.05, 0.1) is 19.6 Å². The first-order valence-corrected chi connectivity index (χ1v) is 25.1. The summed E-state index contributed by atoms with van der Waals surface area (Å²) >= 11 is 0. The molecule has 0 aromatic rings. The van der Waals surface area contributed by atoms with E-state index in [1.54, 1.807) is 6.08 Å². The van der Waals surface area contributed by atoms with Crippen LogP contribution >= 0.6 is 7.82 Å². The molecule has 0 spiro atoms. The van der Waals surface area contributed by atoms with Gasteiger partial charge in [-0.2, -0.15) is 0 Å². The Kier molecular flexibility index (Phi) is 45.3. The molecule has 0 radical (unpaired) electrons. The van der Waals surface area contributed by atoms with Crippen LogP contribution in [0.5, 0.6) is 0 Å². The van der Waals surface area contributed by atoms with E-state index >= 15 is 0 Å². The van der Waals surface area contributed by atoms with Gasteiger partial charge in [-0.1, -0.05) is 184 Å². The molecule has 0 heterocycles. The average Bonchev–Trinajstić information content (AvgIpc) is 3.30. The van der Waals surface area contributed by atoms with Gasteiger partial charge in [-0.25, -0.2) is 4.57 Å². The van der Waals surface area contributed by atoms with Crippen molar-refractivity contribution in [3.63, 3.8) is 0 Å². The number of nitrogens with two attached hydrogens (primary N) is 1. The Bertz CT molecular complexity index is 1650. The number of ether oxygens (including phenoxy) is 2. The minimum Gasteiger partial charge on any atom is -0.461 e. The summed E-state index contributed by atoms with van der Waals surface area (Å²) in [5.41, 5.74) is 5.34. The number of rotatable bonds is 41. The summed E-state index contributed by atoms with van der Waals surface area (Å²) in [7, 11) is -4.43. The molecule has 0 fully saturated rings. The Morgan fingerprint density at radius 2 is 0.815 bits per heavy atom. The molecule has 2 unspecified atom stereocenters. The van der Waals surface area contributed by atoms with Gasteiger partial charge in [0.2, 0.25) is 0 Å². The number of carbonyl (C=O) groups is 2. The Hall–Kier alpha value is -4.63. The molecule has 0 aromatic carbocycles. The SMILES string of the molecule is CC/C=C\C/C=C\C/C=C\C/C=C\C/C=C\C/C=C\C/C=C\C/C=C\C/C=C\CCCC(=O)OC(COC(=O)C/C=C\C/C=C\C/C=C\C/C=C\C/C=C\CC)COP(=O)(O)OCCN. The highest BCUT2D eigenvalue weighted by molar-refractivity contribution is 7.47. The molecule has 3 N–H and O–H groups in total. The summed E-state index contributed by atoms with van der Waals surface area (Å²) in [5.74, 6) is -1.07. The number of unbranched alkanes of at least 4 members (excludes halogenated alkanes) is 1. The third-order valence-corrected chi connectivity index (χ3v) is 9.62. The number of hydrogen-bond donors (Lipinski definition) is 2. The van der Waals surface area contributed by atoms with Crippen molar-refractivity contribution in [1.29, 1.82) is 0 Å². The fourth-order valence-electron chi connectivity index (χ4n) is 5.24. The zero-order valence-corrected chi connectivity index (χ0v) is 40.5. The van der Waals surface area contributed by atoms with Gasteiger partial charge in [0.25, 0.3) is 0 Å². The lowest BCUT2D eigenvalue weighted by molar-refractivity contribution is -0.160. The second kappa shape index (κ2) is 48.8. The molecule has 10 heteroatoms. The molecule has 0 rings (SSSR count). The van der Waals surface area contributed by atoms with Crippen LogP contribution in [-0.4, -0.2) is 49.3 Å². The molecular weight excluding hydrogens is 834 g/mol. The predicted molar refractivity (Wildman–Crippen MR) is 274 cm³/mol. The van der Waals surface area contributed by atoms with Crippen LogP contribution in [0.4, 0.5) is 0 Å². The molecule has 0 amide bonds. The van der Waals surface area contributed by atoms with Crippen LogP contribution in [-0.2, 0) is 32.7 Å². The molecule has 0 aliphatic rings. The van der Waals surface area contributed by atoms with Gasteiger partial charge in [-0.05, 0) is 103 Å². The first-order chi connectivity index (χ1) is 31.8. The van der Waals surface area contributed by atoms with E-state index in [0.717, 1.165) is 83.5 Å². The number of phosphoric ester groups is 1. The quantitative estimate of drug-likeness (QED) is 0.0266. The molecule has 2 atom stereocenters. The summed E-state index contributed by atoms with van der Waals surface area (Å²) in [6.07, 6.45) is 72.9. The average molecular weight is 916 g/mol. The number of hydrogen-bond acceptors (Lipinski definition) is 8. The number of esters is 2. The van der Waals surface area contributed by atoms with Gasteiger partial charge >= 0.3 is 19.8 Å². The fraction of sp³-hybridized carbons (Fsp3) is 0.455. The molecular formula is C55H82NO8P. The van der Waals surface area contributed by atoms with Crippen molar-refractivity contribution >= 4 is 19.8 Å². The van der Waals surface area contributed by atoms with E-state index in [0.29, 0.717) is 19.3 Å². The van der Waals surface area contributed by atoms with Gasteiger partial charge in [-0.15, -0.1) is 0 Å². The summed E-state index contributed by atoms with van der Waals surface area (Å²) in [6, 6.07) is 0. The highest BCUT2D eigenvalue weighted by Crippen LogP contribution is 2.43. The van der Waals surface area contributed by atoms with E-state index in [9.17, 15) is 19.0 Å². The van der Waals surface area contributed by atoms with Crippen LogP contribution < -0.4 is 5.73 Å². The molecule has 0 aromatic heterocycles. The maximum atomic E-state index is 12.6. The van der Waals surface area contributed by atoms with E-state index in [2.05, 4.69) is 160 Å². The molecule has 0 saturated carbocycles. The van der Waals surface area contributed by atoms with Gasteiger partial charge in [0.15, 0.2) is 6.10 Å². The third kappa shape index (κ3) is 48.7. The van der Waals surface area contributed by atoms with Crippen molar-refractivity contribution in [3.8, 4) is 0 Å². The highest BCUT2D eigenvalue weighted by Gasteiger charge is 2.25. The molecule has 0 aliphatic heterocycles. The molecule has 65 heavy (non-hydrogen) atoms. The van der Waals surface area contributed by atoms with Crippen molar-refractivity contribution < 1.29 is 37.6 Å². The van der Waals surface area contributed by atoms with Gasteiger partial charge in [-0.3, -0.25) is 18.6 Å². The lowest BCUT2D eigenvalue weighted by Crippen LogP contribution is -2.29. The van der Waals surface area contributed by atoms with Crippen LogP contribution in [0.1, 0.15) is 129 Å². The van der Waals surface area contributed by atoms with Gasteiger partial charge in [0.1, 0.15) is 6.61 Å². The Balaban J connectivity index is 4.34. The van der Waals surface area contributed by atoms with Crippen molar-refractivity contribution in [1.82, 2.24) is 0 Å². The van der Waals surface area contributed by atoms with Gasteiger partial charge < -0.3 is 20.1 Å². The summed E-state index contributed by atoms with van der Waals surface area (Å²) in [4.78, 5) is 34.8. The lowest BCUT2D eigenvalue weighted by Gasteiger charge is -2.19.